The molecule has 0 bridgehead atoms. The van der Waals surface area contributed by atoms with Crippen LogP contribution in [0.2, 0.25) is 0 Å². The molecule has 1 N–H and O–H groups in total. The van der Waals surface area contributed by atoms with Crippen LogP contribution in [-0.2, 0) is 12.5 Å². The van der Waals surface area contributed by atoms with Gasteiger partial charge in [-0.15, -0.1) is 10.2 Å². The molecule has 0 saturated carbocycles. The number of fused-ring (bicyclic) bond motifs is 3. The average Bonchev–Trinajstić information content (AvgIpc) is 2.94. The summed E-state index contributed by atoms with van der Waals surface area (Å²) >= 11 is 0. The summed E-state index contributed by atoms with van der Waals surface area (Å²) in [6.07, 6.45) is 1.75. The monoisotopic (exact) mass is 358 g/mol. The predicted octanol–water partition coefficient (Wildman–Crippen LogP) is 4.26. The predicted molar refractivity (Wildman–Crippen MR) is 110 cm³/mol. The molecule has 0 aliphatic carbocycles. The number of para-hydroxylation sites is 1. The molecule has 0 atom stereocenters. The molecule has 0 aliphatic rings. The van der Waals surface area contributed by atoms with Gasteiger partial charge in [0, 0.05) is 12.4 Å². The molecule has 27 heavy (non-hydrogen) atoms. The van der Waals surface area contributed by atoms with Crippen LogP contribution >= 0.6 is 0 Å². The van der Waals surface area contributed by atoms with Crippen molar-refractivity contribution in [2.24, 2.45) is 12.1 Å². The first kappa shape index (κ1) is 17.1. The second-order valence-electron chi connectivity index (χ2n) is 7.63. The molecule has 6 nitrogen and oxygen atoms in total. The first-order valence-corrected chi connectivity index (χ1v) is 8.91. The van der Waals surface area contributed by atoms with Gasteiger partial charge in [0.25, 0.3) is 5.95 Å². The molecule has 0 radical (unpaired) electrons. The number of hydrogen-bond donors (Lipinski definition) is 1. The zero-order valence-corrected chi connectivity index (χ0v) is 15.9. The number of anilines is 1. The highest BCUT2D eigenvalue weighted by molar-refractivity contribution is 6.04. The lowest BCUT2D eigenvalue weighted by Crippen LogP contribution is -2.10. The number of aryl methyl sites for hydroxylation is 1. The highest BCUT2D eigenvalue weighted by atomic mass is 15.4. The third kappa shape index (κ3) is 3.26. The van der Waals surface area contributed by atoms with Gasteiger partial charge in [0.15, 0.2) is 5.65 Å². The van der Waals surface area contributed by atoms with Gasteiger partial charge in [-0.3, -0.25) is 0 Å². The standard InChI is InChI=1S/C21H22N6/c1-21(2,3)15-11-9-14(10-12-15)13-22-25-20-23-19-18(24-26-20)16-7-5-6-8-17(16)27(19)4/h5-13H,1-4H3,(H,23,25,26)/b22-13-. The maximum atomic E-state index is 4.55. The lowest BCUT2D eigenvalue weighted by atomic mass is 9.87. The number of benzene rings is 2. The Morgan fingerprint density at radius 3 is 2.48 bits per heavy atom. The molecule has 4 aromatic rings. The summed E-state index contributed by atoms with van der Waals surface area (Å²) < 4.78 is 2.01. The summed E-state index contributed by atoms with van der Waals surface area (Å²) in [6.45, 7) is 6.60. The van der Waals surface area contributed by atoms with Crippen molar-refractivity contribution in [2.45, 2.75) is 26.2 Å². The molecule has 0 spiro atoms. The van der Waals surface area contributed by atoms with E-state index < -0.39 is 0 Å². The molecular formula is C21H22N6. The van der Waals surface area contributed by atoms with Crippen molar-refractivity contribution in [2.75, 3.05) is 5.43 Å². The molecule has 2 aromatic carbocycles. The Kier molecular flexibility index (Phi) is 4.11. The van der Waals surface area contributed by atoms with Crippen LogP contribution in [0.3, 0.4) is 0 Å². The first-order chi connectivity index (χ1) is 12.9. The van der Waals surface area contributed by atoms with Crippen LogP contribution < -0.4 is 5.43 Å². The Morgan fingerprint density at radius 2 is 1.74 bits per heavy atom. The van der Waals surface area contributed by atoms with Crippen molar-refractivity contribution in [3.05, 3.63) is 59.7 Å². The number of hydrazone groups is 1. The fourth-order valence-corrected chi connectivity index (χ4v) is 3.09. The van der Waals surface area contributed by atoms with Crippen molar-refractivity contribution in [3.8, 4) is 0 Å². The van der Waals surface area contributed by atoms with Gasteiger partial charge in [-0.25, -0.2) is 5.43 Å². The molecule has 6 heteroatoms. The maximum Gasteiger partial charge on any atom is 0.265 e. The number of nitrogens with one attached hydrogen (secondary N) is 1. The number of aromatic nitrogens is 4. The highest BCUT2D eigenvalue weighted by Crippen LogP contribution is 2.25. The normalized spacial score (nSPS) is 12.3. The zero-order chi connectivity index (χ0) is 19.0. The van der Waals surface area contributed by atoms with Crippen molar-refractivity contribution < 1.29 is 0 Å². The summed E-state index contributed by atoms with van der Waals surface area (Å²) in [5.74, 6) is 0.371. The van der Waals surface area contributed by atoms with Gasteiger partial charge in [0.1, 0.15) is 5.52 Å². The molecule has 0 aliphatic heterocycles. The van der Waals surface area contributed by atoms with E-state index >= 15 is 0 Å². The summed E-state index contributed by atoms with van der Waals surface area (Å²) in [5.41, 5.74) is 7.96. The average molecular weight is 358 g/mol. The number of hydrogen-bond acceptors (Lipinski definition) is 5. The Morgan fingerprint density at radius 1 is 1.00 bits per heavy atom. The minimum Gasteiger partial charge on any atom is -0.327 e. The van der Waals surface area contributed by atoms with Crippen molar-refractivity contribution >= 4 is 34.2 Å². The van der Waals surface area contributed by atoms with Crippen LogP contribution in [0.5, 0.6) is 0 Å². The molecule has 0 fully saturated rings. The number of rotatable bonds is 3. The molecule has 0 saturated heterocycles. The van der Waals surface area contributed by atoms with E-state index in [1.807, 2.05) is 35.9 Å². The van der Waals surface area contributed by atoms with Gasteiger partial charge in [-0.05, 0) is 22.6 Å². The largest absolute Gasteiger partial charge is 0.327 e. The van der Waals surface area contributed by atoms with E-state index in [0.29, 0.717) is 5.95 Å². The Balaban J connectivity index is 1.56. The molecule has 0 amide bonds. The van der Waals surface area contributed by atoms with Gasteiger partial charge in [0.05, 0.1) is 11.7 Å². The maximum absolute atomic E-state index is 4.55. The molecule has 0 unspecified atom stereocenters. The highest BCUT2D eigenvalue weighted by Gasteiger charge is 2.13. The van der Waals surface area contributed by atoms with Gasteiger partial charge in [-0.2, -0.15) is 10.1 Å². The first-order valence-electron chi connectivity index (χ1n) is 8.91. The molecule has 4 rings (SSSR count). The van der Waals surface area contributed by atoms with Crippen molar-refractivity contribution in [1.82, 2.24) is 19.7 Å². The van der Waals surface area contributed by atoms with Crippen LogP contribution in [0, 0.1) is 0 Å². The van der Waals surface area contributed by atoms with Crippen LogP contribution in [0.4, 0.5) is 5.95 Å². The van der Waals surface area contributed by atoms with Crippen LogP contribution in [0.15, 0.2) is 53.6 Å². The van der Waals surface area contributed by atoms with Gasteiger partial charge in [0.2, 0.25) is 0 Å². The van der Waals surface area contributed by atoms with E-state index in [9.17, 15) is 0 Å². The van der Waals surface area contributed by atoms with Crippen LogP contribution in [-0.4, -0.2) is 26.0 Å². The minimum atomic E-state index is 0.140. The second-order valence-corrected chi connectivity index (χ2v) is 7.63. The quantitative estimate of drug-likeness (QED) is 0.439. The van der Waals surface area contributed by atoms with E-state index in [0.717, 1.165) is 27.6 Å². The summed E-state index contributed by atoms with van der Waals surface area (Å²) in [6, 6.07) is 16.4. The third-order valence-electron chi connectivity index (χ3n) is 4.66. The molecule has 2 aromatic heterocycles. The molecule has 136 valence electrons. The van der Waals surface area contributed by atoms with Crippen molar-refractivity contribution in [1.29, 1.82) is 0 Å². The Bertz CT molecular complexity index is 1130. The van der Waals surface area contributed by atoms with Crippen LogP contribution in [0.1, 0.15) is 31.9 Å². The van der Waals surface area contributed by atoms with E-state index in [4.69, 9.17) is 0 Å². The van der Waals surface area contributed by atoms with Gasteiger partial charge in [-0.1, -0.05) is 63.2 Å². The molecular weight excluding hydrogens is 336 g/mol. The number of nitrogens with zero attached hydrogens (tertiary/aromatic N) is 5. The Hall–Kier alpha value is -3.28. The van der Waals surface area contributed by atoms with Crippen LogP contribution in [0.25, 0.3) is 22.1 Å². The van der Waals surface area contributed by atoms with E-state index in [1.54, 1.807) is 6.21 Å². The second kappa shape index (κ2) is 6.46. The van der Waals surface area contributed by atoms with E-state index in [1.165, 1.54) is 5.56 Å². The zero-order valence-electron chi connectivity index (χ0n) is 15.9. The minimum absolute atomic E-state index is 0.140. The fourth-order valence-electron chi connectivity index (χ4n) is 3.09. The van der Waals surface area contributed by atoms with Gasteiger partial charge < -0.3 is 4.57 Å². The van der Waals surface area contributed by atoms with E-state index in [-0.39, 0.29) is 5.41 Å². The fraction of sp³-hybridized carbons (Fsp3) is 0.238. The third-order valence-corrected chi connectivity index (χ3v) is 4.66. The summed E-state index contributed by atoms with van der Waals surface area (Å²) in [7, 11) is 1.98. The molecule has 2 heterocycles. The smallest absolute Gasteiger partial charge is 0.265 e. The lowest BCUT2D eigenvalue weighted by Gasteiger charge is -2.18. The lowest BCUT2D eigenvalue weighted by molar-refractivity contribution is 0.590. The topological polar surface area (TPSA) is 68.0 Å². The summed E-state index contributed by atoms with van der Waals surface area (Å²) in [5, 5.41) is 13.8. The summed E-state index contributed by atoms with van der Waals surface area (Å²) in [4.78, 5) is 4.55. The Labute approximate surface area is 158 Å². The SMILES string of the molecule is Cn1c2ccccc2c2nnc(N/N=C\c3ccc(C(C)(C)C)cc3)nc21. The van der Waals surface area contributed by atoms with Gasteiger partial charge >= 0.3 is 0 Å². The van der Waals surface area contributed by atoms with Crippen molar-refractivity contribution in [3.63, 3.8) is 0 Å². The van der Waals surface area contributed by atoms with E-state index in [2.05, 4.69) is 70.7 Å².